The van der Waals surface area contributed by atoms with Crippen LogP contribution in [0.4, 0.5) is 0 Å². The molecule has 0 atom stereocenters. The molecule has 0 radical (unpaired) electrons. The lowest BCUT2D eigenvalue weighted by atomic mass is 9.89. The Labute approximate surface area is 86.5 Å². The van der Waals surface area contributed by atoms with Gasteiger partial charge in [0.05, 0.1) is 13.2 Å². The van der Waals surface area contributed by atoms with Crippen molar-refractivity contribution in [1.82, 2.24) is 0 Å². The van der Waals surface area contributed by atoms with Crippen molar-refractivity contribution < 1.29 is 14.6 Å². The van der Waals surface area contributed by atoms with Gasteiger partial charge in [0.15, 0.2) is 0 Å². The molecular weight excluding hydrogens is 180 g/mol. The fraction of sp³-hybridized carbons (Fsp3) is 0.909. The molecule has 1 saturated heterocycles. The number of unbranched alkanes of at least 4 members (excludes halogenated alkanes) is 1. The third-order valence-corrected chi connectivity index (χ3v) is 1.77. The van der Waals surface area contributed by atoms with E-state index in [2.05, 4.69) is 25.5 Å². The van der Waals surface area contributed by atoms with E-state index in [1.807, 2.05) is 0 Å². The molecule has 1 N–H and O–H groups in total. The zero-order valence-corrected chi connectivity index (χ0v) is 9.51. The first-order chi connectivity index (χ1) is 6.42. The quantitative estimate of drug-likeness (QED) is 0.563. The van der Waals surface area contributed by atoms with E-state index < -0.39 is 5.97 Å². The van der Waals surface area contributed by atoms with Crippen molar-refractivity contribution in [1.29, 1.82) is 0 Å². The number of hydrogen-bond donors (Lipinski definition) is 1. The number of carboxylic acid groups (broad SMARTS) is 1. The van der Waals surface area contributed by atoms with Crippen LogP contribution in [-0.2, 0) is 9.53 Å². The van der Waals surface area contributed by atoms with E-state index in [1.165, 1.54) is 0 Å². The topological polar surface area (TPSA) is 49.8 Å². The van der Waals surface area contributed by atoms with Crippen molar-refractivity contribution in [3.63, 3.8) is 0 Å². The smallest absolute Gasteiger partial charge is 0.303 e. The normalized spacial score (nSPS) is 14.2. The molecular formula is C11H22O3. The third-order valence-electron chi connectivity index (χ3n) is 1.77. The molecule has 0 aliphatic carbocycles. The maximum absolute atomic E-state index is 10.1. The molecule has 0 aromatic rings. The van der Waals surface area contributed by atoms with Crippen molar-refractivity contribution in [3.8, 4) is 0 Å². The van der Waals surface area contributed by atoms with Crippen LogP contribution in [0.1, 0.15) is 46.5 Å². The second-order valence-electron chi connectivity index (χ2n) is 4.77. The van der Waals surface area contributed by atoms with E-state index in [-0.39, 0.29) is 0 Å². The van der Waals surface area contributed by atoms with E-state index in [4.69, 9.17) is 5.11 Å². The van der Waals surface area contributed by atoms with Crippen LogP contribution in [0, 0.1) is 5.41 Å². The summed E-state index contributed by atoms with van der Waals surface area (Å²) in [6, 6.07) is 0. The molecule has 14 heavy (non-hydrogen) atoms. The van der Waals surface area contributed by atoms with Gasteiger partial charge in [0.2, 0.25) is 0 Å². The fourth-order valence-corrected chi connectivity index (χ4v) is 0.932. The Balaban J connectivity index is 0.000000469. The third kappa shape index (κ3) is 17.5. The first-order valence-electron chi connectivity index (χ1n) is 5.21. The van der Waals surface area contributed by atoms with Gasteiger partial charge in [-0.25, -0.2) is 0 Å². The summed E-state index contributed by atoms with van der Waals surface area (Å²) in [6.45, 7) is 8.52. The Bertz CT molecular complexity index is 154. The molecule has 1 rings (SSSR count). The summed E-state index contributed by atoms with van der Waals surface area (Å²) in [5.74, 6) is -0.682. The molecule has 0 aromatic carbocycles. The van der Waals surface area contributed by atoms with Crippen LogP contribution in [-0.4, -0.2) is 24.3 Å². The molecule has 3 nitrogen and oxygen atoms in total. The largest absolute Gasteiger partial charge is 0.481 e. The second-order valence-corrected chi connectivity index (χ2v) is 4.77. The van der Waals surface area contributed by atoms with Crippen LogP contribution in [0.2, 0.25) is 0 Å². The van der Waals surface area contributed by atoms with E-state index in [0.717, 1.165) is 32.5 Å². The predicted octanol–water partition coefficient (Wildman–Crippen LogP) is 2.69. The molecule has 3 heteroatoms. The second kappa shape index (κ2) is 6.82. The van der Waals surface area contributed by atoms with Gasteiger partial charge in [-0.2, -0.15) is 0 Å². The summed E-state index contributed by atoms with van der Waals surface area (Å²) in [4.78, 5) is 10.1. The number of hydrogen-bond acceptors (Lipinski definition) is 2. The number of carbonyl (C=O) groups is 1. The molecule has 1 fully saturated rings. The highest BCUT2D eigenvalue weighted by Gasteiger charge is 2.09. The summed E-state index contributed by atoms with van der Waals surface area (Å²) >= 11 is 0. The van der Waals surface area contributed by atoms with Gasteiger partial charge in [0.25, 0.3) is 0 Å². The Kier molecular flexibility index (Phi) is 6.54. The van der Waals surface area contributed by atoms with Crippen molar-refractivity contribution in [2.45, 2.75) is 46.5 Å². The van der Waals surface area contributed by atoms with Crippen molar-refractivity contribution >= 4 is 5.97 Å². The molecule has 1 aliphatic heterocycles. The minimum atomic E-state index is -0.682. The zero-order valence-electron chi connectivity index (χ0n) is 9.51. The highest BCUT2D eigenvalue weighted by Crippen LogP contribution is 2.21. The summed E-state index contributed by atoms with van der Waals surface area (Å²) in [6.07, 6.45) is 3.26. The summed E-state index contributed by atoms with van der Waals surface area (Å²) in [7, 11) is 0. The number of rotatable bonds is 4. The first-order valence-corrected chi connectivity index (χ1v) is 5.21. The number of carboxylic acids is 1. The summed E-state index contributed by atoms with van der Waals surface area (Å²) in [5, 5.41) is 8.34. The standard InChI is InChI=1S/C9H18O2.C2H4O/c1-9(2,3)7-5-4-6-8(10)11;1-2-3-1/h4-7H2,1-3H3,(H,10,11);1-2H2. The van der Waals surface area contributed by atoms with Crippen LogP contribution >= 0.6 is 0 Å². The average Bonchev–Trinajstić information content (AvgIpc) is 2.81. The van der Waals surface area contributed by atoms with Gasteiger partial charge in [0, 0.05) is 6.42 Å². The van der Waals surface area contributed by atoms with Crippen molar-refractivity contribution in [3.05, 3.63) is 0 Å². The van der Waals surface area contributed by atoms with Gasteiger partial charge >= 0.3 is 5.97 Å². The molecule has 0 aromatic heterocycles. The van der Waals surface area contributed by atoms with Crippen molar-refractivity contribution in [2.24, 2.45) is 5.41 Å². The van der Waals surface area contributed by atoms with Crippen LogP contribution < -0.4 is 0 Å². The maximum Gasteiger partial charge on any atom is 0.303 e. The molecule has 1 aliphatic rings. The van der Waals surface area contributed by atoms with E-state index in [1.54, 1.807) is 0 Å². The predicted molar refractivity (Wildman–Crippen MR) is 56.4 cm³/mol. The van der Waals surface area contributed by atoms with Gasteiger partial charge in [-0.3, -0.25) is 4.79 Å². The molecule has 1 heterocycles. The lowest BCUT2D eigenvalue weighted by Crippen LogP contribution is -2.04. The lowest BCUT2D eigenvalue weighted by Gasteiger charge is -2.16. The molecule has 0 spiro atoms. The SMILES string of the molecule is C1CO1.CC(C)(C)CCCCC(=O)O. The number of aliphatic carboxylic acids is 1. The molecule has 0 amide bonds. The minimum Gasteiger partial charge on any atom is -0.481 e. The average molecular weight is 202 g/mol. The Morgan fingerprint density at radius 3 is 2.07 bits per heavy atom. The molecule has 0 bridgehead atoms. The Morgan fingerprint density at radius 2 is 1.79 bits per heavy atom. The van der Waals surface area contributed by atoms with Crippen LogP contribution in [0.3, 0.4) is 0 Å². The van der Waals surface area contributed by atoms with Crippen LogP contribution in [0.15, 0.2) is 0 Å². The Hall–Kier alpha value is -0.570. The highest BCUT2D eigenvalue weighted by atomic mass is 16.6. The van der Waals surface area contributed by atoms with Crippen LogP contribution in [0.25, 0.3) is 0 Å². The molecule has 0 unspecified atom stereocenters. The number of ether oxygens (including phenoxy) is 1. The summed E-state index contributed by atoms with van der Waals surface area (Å²) < 4.78 is 4.50. The summed E-state index contributed by atoms with van der Waals surface area (Å²) in [5.41, 5.74) is 0.346. The first kappa shape index (κ1) is 13.4. The minimum absolute atomic E-state index is 0.316. The lowest BCUT2D eigenvalue weighted by molar-refractivity contribution is -0.137. The maximum atomic E-state index is 10.1. The van der Waals surface area contributed by atoms with Gasteiger partial charge in [-0.1, -0.05) is 27.2 Å². The van der Waals surface area contributed by atoms with Gasteiger partial charge in [-0.05, 0) is 18.3 Å². The van der Waals surface area contributed by atoms with E-state index in [0.29, 0.717) is 11.8 Å². The number of epoxide rings is 1. The van der Waals surface area contributed by atoms with E-state index >= 15 is 0 Å². The molecule has 84 valence electrons. The van der Waals surface area contributed by atoms with Crippen molar-refractivity contribution in [2.75, 3.05) is 13.2 Å². The van der Waals surface area contributed by atoms with E-state index in [9.17, 15) is 4.79 Å². The zero-order chi connectivity index (χ0) is 11.0. The monoisotopic (exact) mass is 202 g/mol. The van der Waals surface area contributed by atoms with Gasteiger partial charge < -0.3 is 9.84 Å². The fourth-order valence-electron chi connectivity index (χ4n) is 0.932. The van der Waals surface area contributed by atoms with Gasteiger partial charge in [0.1, 0.15) is 0 Å². The Morgan fingerprint density at radius 1 is 1.29 bits per heavy atom. The van der Waals surface area contributed by atoms with Crippen LogP contribution in [0.5, 0.6) is 0 Å². The van der Waals surface area contributed by atoms with Gasteiger partial charge in [-0.15, -0.1) is 0 Å². The molecule has 0 saturated carbocycles. The highest BCUT2D eigenvalue weighted by molar-refractivity contribution is 5.66.